The van der Waals surface area contributed by atoms with E-state index in [-0.39, 0.29) is 5.97 Å². The Morgan fingerprint density at radius 1 is 1.65 bits per heavy atom. The molecule has 2 unspecified atom stereocenters. The Morgan fingerprint density at radius 3 is 3.15 bits per heavy atom. The largest absolute Gasteiger partial charge is 0.465 e. The molecule has 0 radical (unpaired) electrons. The van der Waals surface area contributed by atoms with Gasteiger partial charge in [-0.1, -0.05) is 18.7 Å². The minimum absolute atomic E-state index is 0.121. The maximum Gasteiger partial charge on any atom is 0.326 e. The molecule has 0 aromatic carbocycles. The van der Waals surface area contributed by atoms with Gasteiger partial charge in [0.2, 0.25) is 0 Å². The second kappa shape index (κ2) is 7.08. The van der Waals surface area contributed by atoms with E-state index < -0.39 is 5.54 Å². The zero-order valence-corrected chi connectivity index (χ0v) is 12.8. The van der Waals surface area contributed by atoms with Crippen LogP contribution in [0.4, 0.5) is 0 Å². The van der Waals surface area contributed by atoms with Crippen molar-refractivity contribution in [2.75, 3.05) is 13.2 Å². The van der Waals surface area contributed by atoms with Gasteiger partial charge < -0.3 is 10.1 Å². The van der Waals surface area contributed by atoms with Crippen molar-refractivity contribution in [1.29, 1.82) is 0 Å². The average molecular weight is 298 g/mol. The minimum Gasteiger partial charge on any atom is -0.465 e. The molecular formula is C13H22N4O2S. The topological polar surface area (TPSA) is 79.9 Å². The number of nitrogens with one attached hydrogen (secondary N) is 2. The van der Waals surface area contributed by atoms with Crippen molar-refractivity contribution in [2.24, 2.45) is 0 Å². The van der Waals surface area contributed by atoms with Crippen molar-refractivity contribution < 1.29 is 9.53 Å². The lowest BCUT2D eigenvalue weighted by Crippen LogP contribution is -2.56. The number of carbonyl (C=O) groups excluding carboxylic acids is 1. The number of ether oxygens (including phenoxy) is 1. The van der Waals surface area contributed by atoms with Crippen LogP contribution in [-0.4, -0.2) is 45.1 Å². The number of likely N-dealkylation sites (N-methyl/N-ethyl adjacent to an activating group) is 1. The molecule has 0 saturated heterocycles. The highest BCUT2D eigenvalue weighted by Crippen LogP contribution is 2.37. The van der Waals surface area contributed by atoms with Gasteiger partial charge in [0.1, 0.15) is 11.9 Å². The zero-order chi connectivity index (χ0) is 14.4. The molecule has 2 atom stereocenters. The first-order chi connectivity index (χ1) is 9.70. The number of rotatable bonds is 6. The fraction of sp³-hybridized carbons (Fsp3) is 0.769. The summed E-state index contributed by atoms with van der Waals surface area (Å²) in [5.74, 6) is -0.121. The van der Waals surface area contributed by atoms with Gasteiger partial charge in [-0.05, 0) is 39.2 Å². The average Bonchev–Trinajstić information content (AvgIpc) is 2.92. The van der Waals surface area contributed by atoms with E-state index in [0.29, 0.717) is 11.9 Å². The number of carbonyl (C=O) groups is 1. The van der Waals surface area contributed by atoms with E-state index in [4.69, 9.17) is 4.74 Å². The van der Waals surface area contributed by atoms with E-state index in [2.05, 4.69) is 20.5 Å². The molecular weight excluding hydrogens is 276 g/mol. The molecule has 2 rings (SSSR count). The van der Waals surface area contributed by atoms with Gasteiger partial charge in [0.15, 0.2) is 5.16 Å². The van der Waals surface area contributed by atoms with Gasteiger partial charge in [-0.2, -0.15) is 5.10 Å². The molecule has 1 aliphatic rings. The number of nitrogens with zero attached hydrogens (tertiary/aromatic N) is 2. The van der Waals surface area contributed by atoms with E-state index >= 15 is 0 Å². The van der Waals surface area contributed by atoms with Crippen molar-refractivity contribution >= 4 is 17.7 Å². The number of hydrogen-bond acceptors (Lipinski definition) is 6. The number of aromatic amines is 1. The van der Waals surface area contributed by atoms with Gasteiger partial charge in [-0.3, -0.25) is 9.89 Å². The summed E-state index contributed by atoms with van der Waals surface area (Å²) in [5, 5.41) is 11.2. The van der Waals surface area contributed by atoms with Crippen molar-refractivity contribution in [3.63, 3.8) is 0 Å². The second-order valence-electron chi connectivity index (χ2n) is 4.96. The van der Waals surface area contributed by atoms with E-state index in [1.807, 2.05) is 13.8 Å². The van der Waals surface area contributed by atoms with Gasteiger partial charge in [-0.15, -0.1) is 0 Å². The molecule has 2 N–H and O–H groups in total. The summed E-state index contributed by atoms with van der Waals surface area (Å²) in [4.78, 5) is 16.5. The molecule has 7 heteroatoms. The van der Waals surface area contributed by atoms with E-state index in [1.54, 1.807) is 11.8 Å². The molecule has 0 aliphatic heterocycles. The third kappa shape index (κ3) is 3.52. The fourth-order valence-electron chi connectivity index (χ4n) is 2.76. The van der Waals surface area contributed by atoms with Crippen molar-refractivity contribution in [3.05, 3.63) is 6.33 Å². The highest BCUT2D eigenvalue weighted by Gasteiger charge is 2.43. The number of thioether (sulfide) groups is 1. The first-order valence-corrected chi connectivity index (χ1v) is 8.02. The number of hydrogen-bond donors (Lipinski definition) is 2. The Hall–Kier alpha value is -1.08. The number of aromatic nitrogens is 3. The molecule has 1 saturated carbocycles. The van der Waals surface area contributed by atoms with Crippen molar-refractivity contribution in [1.82, 2.24) is 20.5 Å². The molecule has 20 heavy (non-hydrogen) atoms. The summed E-state index contributed by atoms with van der Waals surface area (Å²) in [7, 11) is 0. The first kappa shape index (κ1) is 15.3. The molecule has 1 aliphatic carbocycles. The van der Waals surface area contributed by atoms with Gasteiger partial charge in [0.25, 0.3) is 0 Å². The zero-order valence-electron chi connectivity index (χ0n) is 12.0. The quantitative estimate of drug-likeness (QED) is 0.779. The number of H-pyrrole nitrogens is 1. The Bertz CT molecular complexity index is 422. The van der Waals surface area contributed by atoms with Crippen LogP contribution in [0.25, 0.3) is 0 Å². The fourth-order valence-corrected chi connectivity index (χ4v) is 3.94. The SMILES string of the molecule is CCNC1(C(=O)OCC)CCCC(Sc2ncn[nH]2)C1. The maximum absolute atomic E-state index is 12.3. The molecule has 1 aromatic heterocycles. The molecule has 1 aromatic rings. The predicted octanol–water partition coefficient (Wildman–Crippen LogP) is 1.75. The lowest BCUT2D eigenvalue weighted by atomic mass is 9.81. The smallest absolute Gasteiger partial charge is 0.326 e. The lowest BCUT2D eigenvalue weighted by Gasteiger charge is -2.38. The summed E-state index contributed by atoms with van der Waals surface area (Å²) in [6.07, 6.45) is 5.21. The van der Waals surface area contributed by atoms with Crippen molar-refractivity contribution in [2.45, 2.75) is 55.5 Å². The van der Waals surface area contributed by atoms with Crippen LogP contribution in [0.5, 0.6) is 0 Å². The molecule has 0 bridgehead atoms. The van der Waals surface area contributed by atoms with Crippen LogP contribution in [0.15, 0.2) is 11.5 Å². The summed E-state index contributed by atoms with van der Waals surface area (Å²) in [6, 6.07) is 0. The third-order valence-corrected chi connectivity index (χ3v) is 4.71. The van der Waals surface area contributed by atoms with Gasteiger partial charge >= 0.3 is 5.97 Å². The van der Waals surface area contributed by atoms with Crippen LogP contribution in [0, 0.1) is 0 Å². The standard InChI is InChI=1S/C13H22N4O2S/c1-3-15-13(11(18)19-4-2)7-5-6-10(8-13)20-12-14-9-16-17-12/h9-10,15H,3-8H2,1-2H3,(H,14,16,17). The van der Waals surface area contributed by atoms with Crippen LogP contribution in [0.2, 0.25) is 0 Å². The molecule has 1 fully saturated rings. The normalized spacial score (nSPS) is 26.4. The first-order valence-electron chi connectivity index (χ1n) is 7.14. The Labute approximate surface area is 123 Å². The third-order valence-electron chi connectivity index (χ3n) is 3.56. The summed E-state index contributed by atoms with van der Waals surface area (Å²) in [5.41, 5.74) is -0.541. The highest BCUT2D eigenvalue weighted by atomic mass is 32.2. The second-order valence-corrected chi connectivity index (χ2v) is 6.25. The van der Waals surface area contributed by atoms with Gasteiger partial charge in [0, 0.05) is 5.25 Å². The molecule has 0 amide bonds. The van der Waals surface area contributed by atoms with Gasteiger partial charge in [0.05, 0.1) is 6.61 Å². The summed E-state index contributed by atoms with van der Waals surface area (Å²) in [6.45, 7) is 5.06. The predicted molar refractivity (Wildman–Crippen MR) is 77.5 cm³/mol. The van der Waals surface area contributed by atoms with Crippen LogP contribution in [0.1, 0.15) is 39.5 Å². The maximum atomic E-state index is 12.3. The van der Waals surface area contributed by atoms with Crippen LogP contribution in [0.3, 0.4) is 0 Å². The highest BCUT2D eigenvalue weighted by molar-refractivity contribution is 7.99. The van der Waals surface area contributed by atoms with Crippen LogP contribution < -0.4 is 5.32 Å². The molecule has 1 heterocycles. The van der Waals surface area contributed by atoms with E-state index in [9.17, 15) is 4.79 Å². The van der Waals surface area contributed by atoms with Gasteiger partial charge in [-0.25, -0.2) is 4.98 Å². The number of esters is 1. The van der Waals surface area contributed by atoms with E-state index in [1.165, 1.54) is 6.33 Å². The van der Waals surface area contributed by atoms with Crippen LogP contribution >= 0.6 is 11.8 Å². The Morgan fingerprint density at radius 2 is 2.50 bits per heavy atom. The summed E-state index contributed by atoms with van der Waals surface area (Å²) < 4.78 is 5.27. The molecule has 0 spiro atoms. The van der Waals surface area contributed by atoms with Crippen molar-refractivity contribution in [3.8, 4) is 0 Å². The minimum atomic E-state index is -0.541. The molecule has 112 valence electrons. The monoisotopic (exact) mass is 298 g/mol. The lowest BCUT2D eigenvalue weighted by molar-refractivity contribution is -0.152. The Kier molecular flexibility index (Phi) is 5.42. The van der Waals surface area contributed by atoms with E-state index in [0.717, 1.165) is 37.4 Å². The van der Waals surface area contributed by atoms with Crippen LogP contribution in [-0.2, 0) is 9.53 Å². The Balaban J connectivity index is 2.06. The summed E-state index contributed by atoms with van der Waals surface area (Å²) >= 11 is 1.66. The molecule has 6 nitrogen and oxygen atoms in total.